The van der Waals surface area contributed by atoms with E-state index in [1.165, 1.54) is 0 Å². The highest BCUT2D eigenvalue weighted by atomic mass is 16.6. The van der Waals surface area contributed by atoms with Crippen molar-refractivity contribution in [1.82, 2.24) is 14.7 Å². The van der Waals surface area contributed by atoms with Gasteiger partial charge in [-0.3, -0.25) is 14.3 Å². The van der Waals surface area contributed by atoms with Crippen molar-refractivity contribution in [3.63, 3.8) is 0 Å². The molecule has 1 fully saturated rings. The zero-order valence-electron chi connectivity index (χ0n) is 16.9. The standard InChI is InChI=1S/C20H27N3O5/c1-20(2,3)28-19(25)10-14-9-15-12-23(21-16(15)11-17(14)26-4)13-18(24)22-5-7-27-8-6-22/h9,11-12H,5-8,10,13H2,1-4H3. The Morgan fingerprint density at radius 2 is 1.93 bits per heavy atom. The second-order valence-electron chi connectivity index (χ2n) is 7.81. The molecule has 0 radical (unpaired) electrons. The zero-order valence-corrected chi connectivity index (χ0v) is 16.9. The van der Waals surface area contributed by atoms with E-state index in [-0.39, 0.29) is 24.8 Å². The summed E-state index contributed by atoms with van der Waals surface area (Å²) in [5.74, 6) is 0.264. The molecule has 1 aliphatic rings. The molecule has 0 N–H and O–H groups in total. The minimum Gasteiger partial charge on any atom is -0.496 e. The lowest BCUT2D eigenvalue weighted by atomic mass is 10.1. The SMILES string of the molecule is COc1cc2nn(CC(=O)N3CCOCC3)cc2cc1CC(=O)OC(C)(C)C. The third-order valence-corrected chi connectivity index (χ3v) is 4.37. The molecule has 0 bridgehead atoms. The largest absolute Gasteiger partial charge is 0.496 e. The van der Waals surface area contributed by atoms with E-state index in [9.17, 15) is 9.59 Å². The highest BCUT2D eigenvalue weighted by molar-refractivity contribution is 5.84. The fraction of sp³-hybridized carbons (Fsp3) is 0.550. The lowest BCUT2D eigenvalue weighted by Crippen LogP contribution is -2.42. The first-order chi connectivity index (χ1) is 13.2. The van der Waals surface area contributed by atoms with Crippen molar-refractivity contribution in [1.29, 1.82) is 0 Å². The van der Waals surface area contributed by atoms with E-state index < -0.39 is 5.60 Å². The Kier molecular flexibility index (Phi) is 5.88. The van der Waals surface area contributed by atoms with Gasteiger partial charge in [-0.15, -0.1) is 0 Å². The third kappa shape index (κ3) is 5.01. The topological polar surface area (TPSA) is 82.9 Å². The molecule has 3 rings (SSSR count). The van der Waals surface area contributed by atoms with Crippen molar-refractivity contribution in [2.24, 2.45) is 0 Å². The minimum absolute atomic E-state index is 0.0112. The molecule has 2 heterocycles. The van der Waals surface area contributed by atoms with Crippen LogP contribution in [0.25, 0.3) is 10.9 Å². The van der Waals surface area contributed by atoms with Gasteiger partial charge in [-0.2, -0.15) is 5.10 Å². The summed E-state index contributed by atoms with van der Waals surface area (Å²) in [4.78, 5) is 26.4. The summed E-state index contributed by atoms with van der Waals surface area (Å²) in [6, 6.07) is 3.64. The van der Waals surface area contributed by atoms with Crippen LogP contribution in [-0.2, 0) is 32.0 Å². The fourth-order valence-electron chi connectivity index (χ4n) is 3.14. The maximum absolute atomic E-state index is 12.4. The van der Waals surface area contributed by atoms with Gasteiger partial charge in [-0.25, -0.2) is 0 Å². The van der Waals surface area contributed by atoms with E-state index in [0.29, 0.717) is 37.6 Å². The highest BCUT2D eigenvalue weighted by Crippen LogP contribution is 2.26. The van der Waals surface area contributed by atoms with Crippen LogP contribution in [-0.4, -0.2) is 65.6 Å². The number of hydrogen-bond donors (Lipinski definition) is 0. The first kappa shape index (κ1) is 20.1. The van der Waals surface area contributed by atoms with Crippen molar-refractivity contribution in [2.45, 2.75) is 39.3 Å². The average Bonchev–Trinajstić information content (AvgIpc) is 3.01. The molecule has 0 spiro atoms. The van der Waals surface area contributed by atoms with Crippen LogP contribution in [0.5, 0.6) is 5.75 Å². The minimum atomic E-state index is -0.543. The number of nitrogens with zero attached hydrogens (tertiary/aromatic N) is 3. The molecule has 1 amide bonds. The van der Waals surface area contributed by atoms with Gasteiger partial charge in [0.1, 0.15) is 17.9 Å². The highest BCUT2D eigenvalue weighted by Gasteiger charge is 2.20. The van der Waals surface area contributed by atoms with Gasteiger partial charge in [0.25, 0.3) is 0 Å². The average molecular weight is 389 g/mol. The lowest BCUT2D eigenvalue weighted by Gasteiger charge is -2.26. The van der Waals surface area contributed by atoms with Crippen LogP contribution in [0.15, 0.2) is 18.3 Å². The van der Waals surface area contributed by atoms with Crippen molar-refractivity contribution in [2.75, 3.05) is 33.4 Å². The van der Waals surface area contributed by atoms with E-state index in [1.807, 2.05) is 33.0 Å². The molecule has 0 saturated carbocycles. The normalized spacial score (nSPS) is 14.9. The first-order valence-electron chi connectivity index (χ1n) is 9.36. The Balaban J connectivity index is 1.77. The smallest absolute Gasteiger partial charge is 0.310 e. The van der Waals surface area contributed by atoms with E-state index in [4.69, 9.17) is 14.2 Å². The second-order valence-corrected chi connectivity index (χ2v) is 7.81. The molecule has 1 aromatic heterocycles. The number of methoxy groups -OCH3 is 1. The van der Waals surface area contributed by atoms with Crippen LogP contribution in [0.1, 0.15) is 26.3 Å². The van der Waals surface area contributed by atoms with Crippen LogP contribution in [0, 0.1) is 0 Å². The van der Waals surface area contributed by atoms with Crippen LogP contribution in [0.3, 0.4) is 0 Å². The van der Waals surface area contributed by atoms with Crippen molar-refractivity contribution in [3.05, 3.63) is 23.9 Å². The number of aromatic nitrogens is 2. The predicted molar refractivity (Wildman–Crippen MR) is 103 cm³/mol. The molecule has 0 atom stereocenters. The maximum Gasteiger partial charge on any atom is 0.310 e. The number of carbonyl (C=O) groups excluding carboxylic acids is 2. The van der Waals surface area contributed by atoms with Gasteiger partial charge in [-0.1, -0.05) is 0 Å². The zero-order chi connectivity index (χ0) is 20.3. The quantitative estimate of drug-likeness (QED) is 0.725. The number of carbonyl (C=O) groups is 2. The van der Waals surface area contributed by atoms with E-state index in [2.05, 4.69) is 5.10 Å². The van der Waals surface area contributed by atoms with E-state index >= 15 is 0 Å². The van der Waals surface area contributed by atoms with Crippen molar-refractivity contribution >= 4 is 22.8 Å². The summed E-state index contributed by atoms with van der Waals surface area (Å²) in [5, 5.41) is 5.32. The molecular weight excluding hydrogens is 362 g/mol. The Labute approximate surface area is 164 Å². The molecule has 0 aliphatic carbocycles. The lowest BCUT2D eigenvalue weighted by molar-refractivity contribution is -0.154. The van der Waals surface area contributed by atoms with Crippen LogP contribution >= 0.6 is 0 Å². The van der Waals surface area contributed by atoms with Gasteiger partial charge >= 0.3 is 5.97 Å². The summed E-state index contributed by atoms with van der Waals surface area (Å²) < 4.78 is 17.7. The molecule has 1 aliphatic heterocycles. The summed E-state index contributed by atoms with van der Waals surface area (Å²) in [6.45, 7) is 8.01. The van der Waals surface area contributed by atoms with Crippen molar-refractivity contribution in [3.8, 4) is 5.75 Å². The summed E-state index contributed by atoms with van der Waals surface area (Å²) in [5.41, 5.74) is 0.891. The number of fused-ring (bicyclic) bond motifs is 1. The molecule has 1 aromatic carbocycles. The number of benzene rings is 1. The van der Waals surface area contributed by atoms with Gasteiger partial charge in [0, 0.05) is 36.3 Å². The molecule has 2 aromatic rings. The summed E-state index contributed by atoms with van der Waals surface area (Å²) in [7, 11) is 1.55. The molecule has 1 saturated heterocycles. The predicted octanol–water partition coefficient (Wildman–Crippen LogP) is 1.79. The molecule has 8 nitrogen and oxygen atoms in total. The number of rotatable bonds is 5. The number of esters is 1. The van der Waals surface area contributed by atoms with Crippen LogP contribution in [0.4, 0.5) is 0 Å². The summed E-state index contributed by atoms with van der Waals surface area (Å²) in [6.07, 6.45) is 1.92. The van der Waals surface area contributed by atoms with Gasteiger partial charge in [0.05, 0.1) is 32.3 Å². The number of amides is 1. The first-order valence-corrected chi connectivity index (χ1v) is 9.36. The maximum atomic E-state index is 12.4. The van der Waals surface area contributed by atoms with Crippen LogP contribution < -0.4 is 4.74 Å². The van der Waals surface area contributed by atoms with Gasteiger partial charge < -0.3 is 19.1 Å². The number of ether oxygens (including phenoxy) is 3. The van der Waals surface area contributed by atoms with E-state index in [1.54, 1.807) is 22.8 Å². The monoisotopic (exact) mass is 389 g/mol. The fourth-order valence-corrected chi connectivity index (χ4v) is 3.14. The number of morpholine rings is 1. The number of hydrogen-bond acceptors (Lipinski definition) is 6. The Bertz CT molecular complexity index is 863. The molecule has 8 heteroatoms. The van der Waals surface area contributed by atoms with Gasteiger partial charge in [-0.05, 0) is 26.8 Å². The Morgan fingerprint density at radius 3 is 2.57 bits per heavy atom. The third-order valence-electron chi connectivity index (χ3n) is 4.37. The molecule has 28 heavy (non-hydrogen) atoms. The molecule has 152 valence electrons. The summed E-state index contributed by atoms with van der Waals surface area (Å²) >= 11 is 0. The molecule has 0 unspecified atom stereocenters. The second kappa shape index (κ2) is 8.18. The Hall–Kier alpha value is -2.61. The van der Waals surface area contributed by atoms with Gasteiger partial charge in [0.2, 0.25) is 5.91 Å². The van der Waals surface area contributed by atoms with Crippen LogP contribution in [0.2, 0.25) is 0 Å². The Morgan fingerprint density at radius 1 is 1.21 bits per heavy atom. The molecular formula is C20H27N3O5. The van der Waals surface area contributed by atoms with E-state index in [0.717, 1.165) is 10.9 Å². The van der Waals surface area contributed by atoms with Gasteiger partial charge in [0.15, 0.2) is 0 Å². The van der Waals surface area contributed by atoms with Crippen molar-refractivity contribution < 1.29 is 23.8 Å².